The molecule has 0 aliphatic rings. The van der Waals surface area contributed by atoms with Gasteiger partial charge in [0.1, 0.15) is 6.61 Å². The molecule has 1 aromatic rings. The molecule has 1 aromatic carbocycles. The summed E-state index contributed by atoms with van der Waals surface area (Å²) >= 11 is 0. The van der Waals surface area contributed by atoms with Crippen molar-refractivity contribution in [2.45, 2.75) is 26.9 Å². The van der Waals surface area contributed by atoms with Crippen LogP contribution in [0.25, 0.3) is 0 Å². The van der Waals surface area contributed by atoms with E-state index in [0.717, 1.165) is 5.56 Å². The molecule has 5 nitrogen and oxygen atoms in total. The van der Waals surface area contributed by atoms with E-state index < -0.39 is 11.4 Å². The molecule has 0 heterocycles. The standard InChI is InChI=1S/C15H21NO4/c1-15(2,14(18)19)8-9-16-13(17)11-20-10-12-6-4-3-5-7-12/h3-7H,8-11H2,1-2H3,(H,16,17)(H,18,19). The zero-order chi connectivity index (χ0) is 15.0. The number of benzene rings is 1. The van der Waals surface area contributed by atoms with E-state index in [9.17, 15) is 9.59 Å². The molecule has 1 rings (SSSR count). The molecule has 2 N–H and O–H groups in total. The summed E-state index contributed by atoms with van der Waals surface area (Å²) in [7, 11) is 0. The van der Waals surface area contributed by atoms with E-state index in [1.807, 2.05) is 30.3 Å². The highest BCUT2D eigenvalue weighted by Gasteiger charge is 2.26. The van der Waals surface area contributed by atoms with Crippen LogP contribution in [0.1, 0.15) is 25.8 Å². The first kappa shape index (κ1) is 16.2. The first-order valence-corrected chi connectivity index (χ1v) is 6.53. The van der Waals surface area contributed by atoms with E-state index in [4.69, 9.17) is 9.84 Å². The summed E-state index contributed by atoms with van der Waals surface area (Å²) in [6.07, 6.45) is 0.382. The molecule has 20 heavy (non-hydrogen) atoms. The largest absolute Gasteiger partial charge is 0.481 e. The molecule has 0 radical (unpaired) electrons. The third-order valence-electron chi connectivity index (χ3n) is 3.00. The van der Waals surface area contributed by atoms with Gasteiger partial charge in [-0.25, -0.2) is 0 Å². The number of carboxylic acid groups (broad SMARTS) is 1. The Labute approximate surface area is 118 Å². The fourth-order valence-electron chi connectivity index (χ4n) is 1.51. The summed E-state index contributed by atoms with van der Waals surface area (Å²) in [6, 6.07) is 9.58. The van der Waals surface area contributed by atoms with Crippen LogP contribution < -0.4 is 5.32 Å². The number of rotatable bonds is 8. The summed E-state index contributed by atoms with van der Waals surface area (Å²) in [5.74, 6) is -1.10. The third-order valence-corrected chi connectivity index (χ3v) is 3.00. The minimum absolute atomic E-state index is 0.0254. The molecule has 0 unspecified atom stereocenters. The highest BCUT2D eigenvalue weighted by Crippen LogP contribution is 2.19. The van der Waals surface area contributed by atoms with Crippen LogP contribution in [-0.4, -0.2) is 30.1 Å². The number of carboxylic acids is 1. The van der Waals surface area contributed by atoms with Crippen molar-refractivity contribution in [3.8, 4) is 0 Å². The maximum Gasteiger partial charge on any atom is 0.309 e. The Bertz CT molecular complexity index is 442. The quantitative estimate of drug-likeness (QED) is 0.761. The second kappa shape index (κ2) is 7.65. The fourth-order valence-corrected chi connectivity index (χ4v) is 1.51. The molecule has 0 saturated heterocycles. The molecule has 0 saturated carbocycles. The molecule has 0 bridgehead atoms. The van der Waals surface area contributed by atoms with Crippen molar-refractivity contribution in [3.05, 3.63) is 35.9 Å². The van der Waals surface area contributed by atoms with E-state index in [1.165, 1.54) is 0 Å². The van der Waals surface area contributed by atoms with Crippen molar-refractivity contribution in [2.24, 2.45) is 5.41 Å². The molecule has 1 amide bonds. The molecule has 0 spiro atoms. The van der Waals surface area contributed by atoms with E-state index in [0.29, 0.717) is 19.6 Å². The summed E-state index contributed by atoms with van der Waals surface area (Å²) < 4.78 is 5.28. The zero-order valence-electron chi connectivity index (χ0n) is 11.9. The van der Waals surface area contributed by atoms with Crippen molar-refractivity contribution in [1.82, 2.24) is 5.32 Å². The fraction of sp³-hybridized carbons (Fsp3) is 0.467. The maximum atomic E-state index is 11.5. The SMILES string of the molecule is CC(C)(CCNC(=O)COCc1ccccc1)C(=O)O. The van der Waals surface area contributed by atoms with Gasteiger partial charge < -0.3 is 15.2 Å². The van der Waals surface area contributed by atoms with E-state index in [2.05, 4.69) is 5.32 Å². The lowest BCUT2D eigenvalue weighted by Crippen LogP contribution is -2.33. The van der Waals surface area contributed by atoms with Gasteiger partial charge in [0.05, 0.1) is 12.0 Å². The molecule has 0 fully saturated rings. The summed E-state index contributed by atoms with van der Waals surface area (Å²) in [5.41, 5.74) is 0.172. The Morgan fingerprint density at radius 1 is 1.25 bits per heavy atom. The Morgan fingerprint density at radius 3 is 2.50 bits per heavy atom. The van der Waals surface area contributed by atoms with Crippen LogP contribution in [-0.2, 0) is 20.9 Å². The Morgan fingerprint density at radius 2 is 1.90 bits per heavy atom. The summed E-state index contributed by atoms with van der Waals surface area (Å²) in [5, 5.41) is 11.6. The highest BCUT2D eigenvalue weighted by atomic mass is 16.5. The number of amides is 1. The van der Waals surface area contributed by atoms with Gasteiger partial charge in [0.2, 0.25) is 5.91 Å². The number of ether oxygens (including phenoxy) is 1. The number of carbonyl (C=O) groups is 2. The molecule has 0 aliphatic heterocycles. The third kappa shape index (κ3) is 5.84. The minimum atomic E-state index is -0.868. The number of nitrogens with one attached hydrogen (secondary N) is 1. The van der Waals surface area contributed by atoms with Crippen LogP contribution in [0.15, 0.2) is 30.3 Å². The molecule has 110 valence electrons. The van der Waals surface area contributed by atoms with E-state index in [1.54, 1.807) is 13.8 Å². The molecular weight excluding hydrogens is 258 g/mol. The van der Waals surface area contributed by atoms with E-state index >= 15 is 0 Å². The molecule has 0 aliphatic carbocycles. The van der Waals surface area contributed by atoms with Gasteiger partial charge in [0.25, 0.3) is 0 Å². The maximum absolute atomic E-state index is 11.5. The van der Waals surface area contributed by atoms with Crippen LogP contribution in [0.2, 0.25) is 0 Å². The normalized spacial score (nSPS) is 11.1. The van der Waals surface area contributed by atoms with Crippen molar-refractivity contribution < 1.29 is 19.4 Å². The second-order valence-electron chi connectivity index (χ2n) is 5.27. The molecular formula is C15H21NO4. The Balaban J connectivity index is 2.17. The topological polar surface area (TPSA) is 75.6 Å². The lowest BCUT2D eigenvalue weighted by atomic mass is 9.90. The van der Waals surface area contributed by atoms with Gasteiger partial charge in [-0.1, -0.05) is 30.3 Å². The zero-order valence-corrected chi connectivity index (χ0v) is 11.9. The summed E-state index contributed by atoms with van der Waals surface area (Å²) in [4.78, 5) is 22.4. The van der Waals surface area contributed by atoms with E-state index in [-0.39, 0.29) is 12.5 Å². The number of carbonyl (C=O) groups excluding carboxylic acids is 1. The van der Waals surface area contributed by atoms with Crippen LogP contribution in [0.3, 0.4) is 0 Å². The Hall–Kier alpha value is -1.88. The predicted molar refractivity (Wildman–Crippen MR) is 75.1 cm³/mol. The average molecular weight is 279 g/mol. The molecule has 0 atom stereocenters. The highest BCUT2D eigenvalue weighted by molar-refractivity contribution is 5.77. The molecule has 5 heteroatoms. The second-order valence-corrected chi connectivity index (χ2v) is 5.27. The lowest BCUT2D eigenvalue weighted by molar-refractivity contribution is -0.147. The van der Waals surface area contributed by atoms with Gasteiger partial charge in [-0.05, 0) is 25.8 Å². The van der Waals surface area contributed by atoms with Crippen LogP contribution in [0.4, 0.5) is 0 Å². The van der Waals surface area contributed by atoms with Crippen LogP contribution >= 0.6 is 0 Å². The number of hydrogen-bond acceptors (Lipinski definition) is 3. The molecule has 0 aromatic heterocycles. The van der Waals surface area contributed by atoms with Gasteiger partial charge in [-0.2, -0.15) is 0 Å². The van der Waals surface area contributed by atoms with Gasteiger partial charge in [0.15, 0.2) is 0 Å². The van der Waals surface area contributed by atoms with Crippen molar-refractivity contribution in [1.29, 1.82) is 0 Å². The number of aliphatic carboxylic acids is 1. The van der Waals surface area contributed by atoms with Crippen LogP contribution in [0.5, 0.6) is 0 Å². The average Bonchev–Trinajstić information content (AvgIpc) is 2.39. The first-order chi connectivity index (χ1) is 9.42. The predicted octanol–water partition coefficient (Wildman–Crippen LogP) is 1.82. The van der Waals surface area contributed by atoms with Crippen LogP contribution in [0, 0.1) is 5.41 Å². The monoisotopic (exact) mass is 279 g/mol. The van der Waals surface area contributed by atoms with Gasteiger partial charge >= 0.3 is 5.97 Å². The summed E-state index contributed by atoms with van der Waals surface area (Å²) in [6.45, 7) is 3.95. The van der Waals surface area contributed by atoms with Crippen molar-refractivity contribution in [2.75, 3.05) is 13.2 Å². The van der Waals surface area contributed by atoms with Crippen molar-refractivity contribution in [3.63, 3.8) is 0 Å². The number of hydrogen-bond donors (Lipinski definition) is 2. The minimum Gasteiger partial charge on any atom is -0.481 e. The lowest BCUT2D eigenvalue weighted by Gasteiger charge is -2.18. The van der Waals surface area contributed by atoms with Gasteiger partial charge in [-0.3, -0.25) is 9.59 Å². The van der Waals surface area contributed by atoms with Crippen molar-refractivity contribution >= 4 is 11.9 Å². The first-order valence-electron chi connectivity index (χ1n) is 6.53. The smallest absolute Gasteiger partial charge is 0.309 e. The Kier molecular flexibility index (Phi) is 6.18. The van der Waals surface area contributed by atoms with Gasteiger partial charge in [-0.15, -0.1) is 0 Å². The van der Waals surface area contributed by atoms with Gasteiger partial charge in [0, 0.05) is 6.54 Å².